The zero-order valence-electron chi connectivity index (χ0n) is 10.9. The lowest BCUT2D eigenvalue weighted by Crippen LogP contribution is -2.20. The van der Waals surface area contributed by atoms with Crippen LogP contribution in [0, 0.1) is 18.6 Å². The minimum absolute atomic E-state index is 0.0869. The van der Waals surface area contributed by atoms with Crippen LogP contribution in [0.2, 0.25) is 5.02 Å². The molecule has 0 aliphatic heterocycles. The van der Waals surface area contributed by atoms with Gasteiger partial charge in [0.2, 0.25) is 0 Å². The summed E-state index contributed by atoms with van der Waals surface area (Å²) in [6, 6.07) is 7.83. The van der Waals surface area contributed by atoms with Crippen LogP contribution in [0.3, 0.4) is 0 Å². The van der Waals surface area contributed by atoms with Gasteiger partial charge in [-0.05, 0) is 36.8 Å². The fourth-order valence-corrected chi connectivity index (χ4v) is 1.90. The number of halogens is 3. The Balaban J connectivity index is 2.04. The normalized spacial score (nSPS) is 12.2. The first-order chi connectivity index (χ1) is 9.47. The van der Waals surface area contributed by atoms with E-state index in [4.69, 9.17) is 22.1 Å². The number of benzene rings is 2. The van der Waals surface area contributed by atoms with Gasteiger partial charge in [0.15, 0.2) is 0 Å². The Labute approximate surface area is 121 Å². The van der Waals surface area contributed by atoms with Crippen LogP contribution in [0.4, 0.5) is 8.78 Å². The number of hydrogen-bond donors (Lipinski definition) is 1. The van der Waals surface area contributed by atoms with E-state index in [-0.39, 0.29) is 12.2 Å². The zero-order valence-corrected chi connectivity index (χ0v) is 11.6. The highest BCUT2D eigenvalue weighted by Crippen LogP contribution is 2.22. The van der Waals surface area contributed by atoms with E-state index < -0.39 is 17.7 Å². The van der Waals surface area contributed by atoms with Gasteiger partial charge < -0.3 is 10.5 Å². The lowest BCUT2D eigenvalue weighted by atomic mass is 10.1. The number of hydrogen-bond acceptors (Lipinski definition) is 2. The second kappa shape index (κ2) is 6.20. The monoisotopic (exact) mass is 297 g/mol. The fourth-order valence-electron chi connectivity index (χ4n) is 1.78. The second-order valence-corrected chi connectivity index (χ2v) is 4.90. The van der Waals surface area contributed by atoms with Crippen molar-refractivity contribution in [3.8, 4) is 5.75 Å². The molecular weight excluding hydrogens is 284 g/mol. The number of nitrogens with two attached hydrogens (primary N) is 1. The summed E-state index contributed by atoms with van der Waals surface area (Å²) in [6.07, 6.45) is 0. The maximum atomic E-state index is 13.6. The summed E-state index contributed by atoms with van der Waals surface area (Å²) < 4.78 is 31.9. The summed E-state index contributed by atoms with van der Waals surface area (Å²) in [5.41, 5.74) is 6.95. The van der Waals surface area contributed by atoms with E-state index in [9.17, 15) is 8.78 Å². The van der Waals surface area contributed by atoms with E-state index in [0.717, 1.165) is 11.6 Å². The van der Waals surface area contributed by atoms with Gasteiger partial charge in [-0.25, -0.2) is 8.78 Å². The minimum atomic E-state index is -0.674. The molecule has 106 valence electrons. The van der Waals surface area contributed by atoms with Gasteiger partial charge in [0.1, 0.15) is 24.0 Å². The maximum Gasteiger partial charge on any atom is 0.131 e. The van der Waals surface area contributed by atoms with Crippen molar-refractivity contribution in [1.29, 1.82) is 0 Å². The molecule has 0 aliphatic rings. The van der Waals surface area contributed by atoms with Gasteiger partial charge in [0.25, 0.3) is 0 Å². The SMILES string of the molecule is Cc1cc(OCC(N)c2ccc(F)cc2F)ccc1Cl. The largest absolute Gasteiger partial charge is 0.492 e. The van der Waals surface area contributed by atoms with E-state index in [2.05, 4.69) is 0 Å². The highest BCUT2D eigenvalue weighted by Gasteiger charge is 2.13. The first-order valence-electron chi connectivity index (χ1n) is 6.07. The molecule has 0 amide bonds. The third kappa shape index (κ3) is 3.46. The van der Waals surface area contributed by atoms with Crippen molar-refractivity contribution in [1.82, 2.24) is 0 Å². The standard InChI is InChI=1S/C15H14ClF2NO/c1-9-6-11(3-5-13(9)16)20-8-15(19)12-4-2-10(17)7-14(12)18/h2-7,15H,8,19H2,1H3. The topological polar surface area (TPSA) is 35.2 Å². The van der Waals surface area contributed by atoms with E-state index in [1.807, 2.05) is 6.92 Å². The van der Waals surface area contributed by atoms with Crippen LogP contribution in [0.1, 0.15) is 17.2 Å². The predicted octanol–water partition coefficient (Wildman–Crippen LogP) is 4.01. The number of rotatable bonds is 4. The van der Waals surface area contributed by atoms with E-state index in [1.54, 1.807) is 18.2 Å². The molecule has 0 fully saturated rings. The Bertz CT molecular complexity index is 619. The van der Waals surface area contributed by atoms with Crippen LogP contribution >= 0.6 is 11.6 Å². The molecule has 2 N–H and O–H groups in total. The van der Waals surface area contributed by atoms with Crippen molar-refractivity contribution < 1.29 is 13.5 Å². The molecule has 20 heavy (non-hydrogen) atoms. The molecule has 1 unspecified atom stereocenters. The summed E-state index contributed by atoms with van der Waals surface area (Å²) in [5.74, 6) is -0.703. The average molecular weight is 298 g/mol. The summed E-state index contributed by atoms with van der Waals surface area (Å²) in [6.45, 7) is 1.94. The molecule has 2 aromatic carbocycles. The molecule has 0 saturated carbocycles. The molecule has 0 saturated heterocycles. The highest BCUT2D eigenvalue weighted by atomic mass is 35.5. The van der Waals surface area contributed by atoms with Crippen molar-refractivity contribution in [3.63, 3.8) is 0 Å². The quantitative estimate of drug-likeness (QED) is 0.925. The molecule has 2 aromatic rings. The fraction of sp³-hybridized carbons (Fsp3) is 0.200. The Morgan fingerprint density at radius 1 is 1.20 bits per heavy atom. The van der Waals surface area contributed by atoms with Crippen LogP contribution in [-0.4, -0.2) is 6.61 Å². The van der Waals surface area contributed by atoms with Crippen LogP contribution in [0.5, 0.6) is 5.75 Å². The molecular formula is C15H14ClF2NO. The van der Waals surface area contributed by atoms with Crippen LogP contribution < -0.4 is 10.5 Å². The molecule has 5 heteroatoms. The first kappa shape index (κ1) is 14.8. The van der Waals surface area contributed by atoms with Crippen molar-refractivity contribution >= 4 is 11.6 Å². The van der Waals surface area contributed by atoms with Crippen LogP contribution in [-0.2, 0) is 0 Å². The predicted molar refractivity (Wildman–Crippen MR) is 75.0 cm³/mol. The van der Waals surface area contributed by atoms with Gasteiger partial charge in [0.05, 0.1) is 6.04 Å². The summed E-state index contributed by atoms with van der Waals surface area (Å²) in [4.78, 5) is 0. The number of aryl methyl sites for hydroxylation is 1. The van der Waals surface area contributed by atoms with Gasteiger partial charge in [-0.2, -0.15) is 0 Å². The van der Waals surface area contributed by atoms with Crippen molar-refractivity contribution in [2.24, 2.45) is 5.73 Å². The molecule has 0 aromatic heterocycles. The maximum absolute atomic E-state index is 13.6. The van der Waals surface area contributed by atoms with Crippen molar-refractivity contribution in [3.05, 3.63) is 64.2 Å². The molecule has 0 heterocycles. The van der Waals surface area contributed by atoms with E-state index in [1.165, 1.54) is 12.1 Å². The van der Waals surface area contributed by atoms with Crippen molar-refractivity contribution in [2.75, 3.05) is 6.61 Å². The first-order valence-corrected chi connectivity index (χ1v) is 6.44. The Hall–Kier alpha value is -1.65. The zero-order chi connectivity index (χ0) is 14.7. The van der Waals surface area contributed by atoms with Gasteiger partial charge in [-0.1, -0.05) is 17.7 Å². The lowest BCUT2D eigenvalue weighted by molar-refractivity contribution is 0.287. The summed E-state index contributed by atoms with van der Waals surface area (Å²) in [7, 11) is 0. The number of ether oxygens (including phenoxy) is 1. The molecule has 0 bridgehead atoms. The minimum Gasteiger partial charge on any atom is -0.492 e. The molecule has 2 rings (SSSR count). The smallest absolute Gasteiger partial charge is 0.131 e. The Morgan fingerprint density at radius 3 is 2.60 bits per heavy atom. The second-order valence-electron chi connectivity index (χ2n) is 4.49. The third-order valence-corrected chi connectivity index (χ3v) is 3.35. The molecule has 0 spiro atoms. The van der Waals surface area contributed by atoms with Gasteiger partial charge >= 0.3 is 0 Å². The highest BCUT2D eigenvalue weighted by molar-refractivity contribution is 6.31. The third-order valence-electron chi connectivity index (χ3n) is 2.92. The van der Waals surface area contributed by atoms with Gasteiger partial charge in [-0.3, -0.25) is 0 Å². The Morgan fingerprint density at radius 2 is 1.95 bits per heavy atom. The van der Waals surface area contributed by atoms with Crippen molar-refractivity contribution in [2.45, 2.75) is 13.0 Å². The molecule has 0 aliphatic carbocycles. The van der Waals surface area contributed by atoms with E-state index in [0.29, 0.717) is 10.8 Å². The Kier molecular flexibility index (Phi) is 4.57. The van der Waals surface area contributed by atoms with Crippen LogP contribution in [0.15, 0.2) is 36.4 Å². The molecule has 2 nitrogen and oxygen atoms in total. The molecule has 0 radical (unpaired) electrons. The average Bonchev–Trinajstić information content (AvgIpc) is 2.40. The summed E-state index contributed by atoms with van der Waals surface area (Å²) in [5, 5.41) is 0.645. The van der Waals surface area contributed by atoms with E-state index >= 15 is 0 Å². The van der Waals surface area contributed by atoms with Gasteiger partial charge in [0, 0.05) is 16.7 Å². The lowest BCUT2D eigenvalue weighted by Gasteiger charge is -2.15. The van der Waals surface area contributed by atoms with Crippen LogP contribution in [0.25, 0.3) is 0 Å². The summed E-state index contributed by atoms with van der Waals surface area (Å²) >= 11 is 5.91. The van der Waals surface area contributed by atoms with Gasteiger partial charge in [-0.15, -0.1) is 0 Å². The molecule has 1 atom stereocenters.